The van der Waals surface area contributed by atoms with Crippen molar-refractivity contribution in [1.29, 1.82) is 0 Å². The van der Waals surface area contributed by atoms with Gasteiger partial charge in [0.25, 0.3) is 0 Å². The molecule has 1 heterocycles. The summed E-state index contributed by atoms with van der Waals surface area (Å²) in [5.41, 5.74) is 2.79. The minimum absolute atomic E-state index is 0.331. The van der Waals surface area contributed by atoms with E-state index >= 15 is 0 Å². The molecule has 17 heavy (non-hydrogen) atoms. The van der Waals surface area contributed by atoms with Gasteiger partial charge in [-0.1, -0.05) is 12.1 Å². The van der Waals surface area contributed by atoms with Crippen LogP contribution in [0.25, 0.3) is 11.0 Å². The van der Waals surface area contributed by atoms with E-state index in [9.17, 15) is 4.79 Å². The van der Waals surface area contributed by atoms with Crippen molar-refractivity contribution >= 4 is 17.0 Å². The summed E-state index contributed by atoms with van der Waals surface area (Å²) in [5.74, 6) is 0.929. The third-order valence-corrected chi connectivity index (χ3v) is 3.68. The SMILES string of the molecule is Cc1oc2cccc(C3(N=C=O)CC3)c2c1C. The van der Waals surface area contributed by atoms with E-state index in [4.69, 9.17) is 4.42 Å². The fraction of sp³-hybridized carbons (Fsp3) is 0.357. The summed E-state index contributed by atoms with van der Waals surface area (Å²) in [4.78, 5) is 14.5. The zero-order chi connectivity index (χ0) is 12.0. The van der Waals surface area contributed by atoms with E-state index in [-0.39, 0.29) is 5.54 Å². The minimum atomic E-state index is -0.331. The highest BCUT2D eigenvalue weighted by Gasteiger charge is 2.46. The molecule has 2 aromatic rings. The Kier molecular flexibility index (Phi) is 2.01. The van der Waals surface area contributed by atoms with Gasteiger partial charge in [0, 0.05) is 5.39 Å². The van der Waals surface area contributed by atoms with Gasteiger partial charge in [-0.2, -0.15) is 4.99 Å². The molecular weight excluding hydrogens is 214 g/mol. The highest BCUT2D eigenvalue weighted by Crippen LogP contribution is 2.52. The van der Waals surface area contributed by atoms with Gasteiger partial charge in [0.2, 0.25) is 6.08 Å². The number of carbonyl (C=O) groups excluding carboxylic acids is 1. The molecule has 1 saturated carbocycles. The van der Waals surface area contributed by atoms with Gasteiger partial charge in [0.15, 0.2) is 0 Å². The summed E-state index contributed by atoms with van der Waals surface area (Å²) in [6.07, 6.45) is 3.55. The number of nitrogens with zero attached hydrogens (tertiary/aromatic N) is 1. The number of benzene rings is 1. The van der Waals surface area contributed by atoms with Crippen LogP contribution in [0.2, 0.25) is 0 Å². The van der Waals surface area contributed by atoms with Crippen molar-refractivity contribution in [3.05, 3.63) is 35.1 Å². The van der Waals surface area contributed by atoms with Crippen molar-refractivity contribution in [2.24, 2.45) is 4.99 Å². The van der Waals surface area contributed by atoms with Crippen LogP contribution in [0, 0.1) is 13.8 Å². The topological polar surface area (TPSA) is 42.6 Å². The monoisotopic (exact) mass is 227 g/mol. The Hall–Kier alpha value is -1.86. The molecule has 3 heteroatoms. The molecule has 86 valence electrons. The van der Waals surface area contributed by atoms with E-state index in [1.165, 1.54) is 0 Å². The first-order valence-corrected chi connectivity index (χ1v) is 5.76. The molecule has 0 aliphatic heterocycles. The van der Waals surface area contributed by atoms with E-state index in [1.807, 2.05) is 32.0 Å². The lowest BCUT2D eigenvalue weighted by atomic mass is 9.98. The molecule has 0 N–H and O–H groups in total. The Morgan fingerprint density at radius 1 is 1.35 bits per heavy atom. The van der Waals surface area contributed by atoms with Gasteiger partial charge < -0.3 is 4.42 Å². The Labute approximate surface area is 99.1 Å². The van der Waals surface area contributed by atoms with Crippen LogP contribution in [0.4, 0.5) is 0 Å². The van der Waals surface area contributed by atoms with E-state index in [2.05, 4.69) is 4.99 Å². The quantitative estimate of drug-likeness (QED) is 0.583. The maximum Gasteiger partial charge on any atom is 0.235 e. The van der Waals surface area contributed by atoms with Crippen molar-refractivity contribution in [1.82, 2.24) is 0 Å². The summed E-state index contributed by atoms with van der Waals surface area (Å²) in [6, 6.07) is 5.96. The third kappa shape index (κ3) is 1.36. The van der Waals surface area contributed by atoms with Crippen LogP contribution in [0.3, 0.4) is 0 Å². The first-order chi connectivity index (χ1) is 8.18. The number of fused-ring (bicyclic) bond motifs is 1. The third-order valence-electron chi connectivity index (χ3n) is 3.68. The van der Waals surface area contributed by atoms with Crippen LogP contribution >= 0.6 is 0 Å². The number of rotatable bonds is 2. The van der Waals surface area contributed by atoms with Gasteiger partial charge in [0.1, 0.15) is 11.3 Å². The minimum Gasteiger partial charge on any atom is -0.461 e. The molecule has 1 aromatic carbocycles. The standard InChI is InChI=1S/C14H13NO2/c1-9-10(2)17-12-5-3-4-11(13(9)12)14(6-7-14)15-8-16/h3-5H,6-7H2,1-2H3. The van der Waals surface area contributed by atoms with Crippen molar-refractivity contribution in [3.63, 3.8) is 0 Å². The lowest BCUT2D eigenvalue weighted by molar-refractivity contribution is 0.556. The Balaban J connectivity index is 2.34. The lowest BCUT2D eigenvalue weighted by Gasteiger charge is -2.09. The summed E-state index contributed by atoms with van der Waals surface area (Å²) in [6.45, 7) is 4.01. The molecule has 3 nitrogen and oxygen atoms in total. The highest BCUT2D eigenvalue weighted by atomic mass is 16.3. The van der Waals surface area contributed by atoms with Crippen molar-refractivity contribution < 1.29 is 9.21 Å². The molecule has 1 aliphatic carbocycles. The summed E-state index contributed by atoms with van der Waals surface area (Å²) in [5, 5.41) is 1.11. The molecule has 0 unspecified atom stereocenters. The van der Waals surface area contributed by atoms with Crippen LogP contribution < -0.4 is 0 Å². The maximum atomic E-state index is 10.5. The molecule has 0 saturated heterocycles. The van der Waals surface area contributed by atoms with Crippen LogP contribution in [-0.2, 0) is 10.3 Å². The van der Waals surface area contributed by atoms with E-state index < -0.39 is 0 Å². The zero-order valence-electron chi connectivity index (χ0n) is 9.91. The van der Waals surface area contributed by atoms with Gasteiger partial charge in [-0.25, -0.2) is 4.79 Å². The molecule has 0 atom stereocenters. The number of isocyanates is 1. The van der Waals surface area contributed by atoms with Gasteiger partial charge in [-0.3, -0.25) is 0 Å². The molecule has 1 fully saturated rings. The average Bonchev–Trinajstić information content (AvgIpc) is 3.03. The van der Waals surface area contributed by atoms with E-state index in [1.54, 1.807) is 6.08 Å². The first kappa shape index (κ1) is 10.3. The normalized spacial score (nSPS) is 16.8. The van der Waals surface area contributed by atoms with Gasteiger partial charge in [0.05, 0.1) is 5.54 Å². The number of hydrogen-bond donors (Lipinski definition) is 0. The van der Waals surface area contributed by atoms with Gasteiger partial charge in [-0.15, -0.1) is 0 Å². The summed E-state index contributed by atoms with van der Waals surface area (Å²) >= 11 is 0. The van der Waals surface area contributed by atoms with E-state index in [0.717, 1.165) is 40.7 Å². The predicted octanol–water partition coefficient (Wildman–Crippen LogP) is 3.37. The maximum absolute atomic E-state index is 10.5. The summed E-state index contributed by atoms with van der Waals surface area (Å²) in [7, 11) is 0. The highest BCUT2D eigenvalue weighted by molar-refractivity contribution is 5.87. The van der Waals surface area contributed by atoms with Gasteiger partial charge >= 0.3 is 0 Å². The molecule has 0 radical (unpaired) electrons. The van der Waals surface area contributed by atoms with Crippen molar-refractivity contribution in [2.75, 3.05) is 0 Å². The lowest BCUT2D eigenvalue weighted by Crippen LogP contribution is -2.02. The fourth-order valence-electron chi connectivity index (χ4n) is 2.46. The Morgan fingerprint density at radius 2 is 2.12 bits per heavy atom. The summed E-state index contributed by atoms with van der Waals surface area (Å²) < 4.78 is 5.70. The van der Waals surface area contributed by atoms with Crippen LogP contribution in [0.5, 0.6) is 0 Å². The zero-order valence-corrected chi connectivity index (χ0v) is 9.91. The number of hydrogen-bond acceptors (Lipinski definition) is 3. The van der Waals surface area contributed by atoms with Gasteiger partial charge in [-0.05, 0) is 43.9 Å². The second-order valence-electron chi connectivity index (χ2n) is 4.70. The molecule has 0 spiro atoms. The molecule has 0 bridgehead atoms. The smallest absolute Gasteiger partial charge is 0.235 e. The second-order valence-corrected chi connectivity index (χ2v) is 4.70. The number of aryl methyl sites for hydroxylation is 2. The predicted molar refractivity (Wildman–Crippen MR) is 64.7 cm³/mol. The van der Waals surface area contributed by atoms with E-state index in [0.29, 0.717) is 0 Å². The Bertz CT molecular complexity index is 644. The molecule has 3 rings (SSSR count). The number of aliphatic imine (C=N–C) groups is 1. The van der Waals surface area contributed by atoms with Crippen LogP contribution in [0.15, 0.2) is 27.6 Å². The first-order valence-electron chi connectivity index (χ1n) is 5.76. The fourth-order valence-corrected chi connectivity index (χ4v) is 2.46. The van der Waals surface area contributed by atoms with Crippen molar-refractivity contribution in [3.8, 4) is 0 Å². The Morgan fingerprint density at radius 3 is 2.76 bits per heavy atom. The van der Waals surface area contributed by atoms with Crippen LogP contribution in [0.1, 0.15) is 29.7 Å². The number of furan rings is 1. The molecule has 0 amide bonds. The van der Waals surface area contributed by atoms with Crippen molar-refractivity contribution in [2.45, 2.75) is 32.2 Å². The second kappa shape index (κ2) is 3.31. The molecule has 1 aliphatic rings. The molecular formula is C14H13NO2. The average molecular weight is 227 g/mol. The van der Waals surface area contributed by atoms with Crippen LogP contribution in [-0.4, -0.2) is 6.08 Å². The largest absolute Gasteiger partial charge is 0.461 e. The molecule has 1 aromatic heterocycles.